The number of hydrogen-bond donors (Lipinski definition) is 0. The molecule has 2 rings (SSSR count). The van der Waals surface area contributed by atoms with Crippen molar-refractivity contribution >= 4 is 5.97 Å². The van der Waals surface area contributed by atoms with E-state index in [0.717, 1.165) is 6.42 Å². The first kappa shape index (κ1) is 12.0. The number of carbonyl (C=O) groups excluding carboxylic acids is 1. The van der Waals surface area contributed by atoms with E-state index in [4.69, 9.17) is 9.47 Å². The molecule has 0 fully saturated rings. The highest BCUT2D eigenvalue weighted by Gasteiger charge is 2.24. The Labute approximate surface area is 102 Å². The average Bonchev–Trinajstić information content (AvgIpc) is 2.39. The molecule has 0 saturated heterocycles. The third kappa shape index (κ3) is 2.78. The molecule has 1 aliphatic carbocycles. The summed E-state index contributed by atoms with van der Waals surface area (Å²) in [5.74, 6) is 0.622. The van der Waals surface area contributed by atoms with Gasteiger partial charge >= 0.3 is 5.97 Å². The van der Waals surface area contributed by atoms with Crippen LogP contribution >= 0.6 is 0 Å². The second-order valence-electron chi connectivity index (χ2n) is 4.74. The van der Waals surface area contributed by atoms with Crippen molar-refractivity contribution in [2.75, 3.05) is 0 Å². The van der Waals surface area contributed by atoms with Crippen molar-refractivity contribution in [3.8, 4) is 0 Å². The quantitative estimate of drug-likeness (QED) is 0.604. The highest BCUT2D eigenvalue weighted by Crippen LogP contribution is 2.24. The van der Waals surface area contributed by atoms with E-state index in [-0.39, 0.29) is 18.2 Å². The number of ether oxygens (including phenoxy) is 2. The van der Waals surface area contributed by atoms with Crippen LogP contribution in [0.5, 0.6) is 0 Å². The lowest BCUT2D eigenvalue weighted by atomic mass is 10.1. The molecule has 0 radical (unpaired) electrons. The average molecular weight is 234 g/mol. The van der Waals surface area contributed by atoms with Crippen molar-refractivity contribution in [1.82, 2.24) is 0 Å². The van der Waals surface area contributed by atoms with E-state index in [1.54, 1.807) is 6.08 Å². The first-order valence-electron chi connectivity index (χ1n) is 6.04. The maximum atomic E-state index is 11.9. The van der Waals surface area contributed by atoms with Gasteiger partial charge in [0.15, 0.2) is 0 Å². The second-order valence-corrected chi connectivity index (χ2v) is 4.74. The van der Waals surface area contributed by atoms with Gasteiger partial charge in [-0.25, -0.2) is 4.79 Å². The van der Waals surface area contributed by atoms with E-state index in [1.807, 2.05) is 32.1 Å². The van der Waals surface area contributed by atoms with E-state index in [9.17, 15) is 4.79 Å². The molecule has 0 spiro atoms. The fourth-order valence-electron chi connectivity index (χ4n) is 2.02. The minimum atomic E-state index is -0.297. The maximum Gasteiger partial charge on any atom is 0.342 e. The van der Waals surface area contributed by atoms with Crippen LogP contribution in [0.25, 0.3) is 0 Å². The van der Waals surface area contributed by atoms with Gasteiger partial charge in [-0.3, -0.25) is 0 Å². The lowest BCUT2D eigenvalue weighted by Crippen LogP contribution is -2.26. The van der Waals surface area contributed by atoms with Crippen molar-refractivity contribution in [2.45, 2.75) is 39.4 Å². The predicted octanol–water partition coefficient (Wildman–Crippen LogP) is 2.74. The van der Waals surface area contributed by atoms with Crippen LogP contribution in [0.15, 0.2) is 35.6 Å². The van der Waals surface area contributed by atoms with Crippen molar-refractivity contribution < 1.29 is 14.3 Å². The zero-order valence-corrected chi connectivity index (χ0v) is 10.5. The minimum absolute atomic E-state index is 0.0505. The third-order valence-electron chi connectivity index (χ3n) is 2.90. The van der Waals surface area contributed by atoms with E-state index >= 15 is 0 Å². The number of cyclic esters (lactones) is 1. The van der Waals surface area contributed by atoms with Gasteiger partial charge in [-0.15, -0.1) is 0 Å². The van der Waals surface area contributed by atoms with Gasteiger partial charge in [0.2, 0.25) is 0 Å². The Bertz CT molecular complexity index is 404. The van der Waals surface area contributed by atoms with Crippen molar-refractivity contribution in [3.63, 3.8) is 0 Å². The Hall–Kier alpha value is -1.51. The molecule has 3 heteroatoms. The van der Waals surface area contributed by atoms with Crippen LogP contribution in [0.3, 0.4) is 0 Å². The molecule has 0 unspecified atom stereocenters. The Balaban J connectivity index is 2.37. The third-order valence-corrected chi connectivity index (χ3v) is 2.90. The van der Waals surface area contributed by atoms with Crippen LogP contribution in [0.1, 0.15) is 27.2 Å². The molecule has 92 valence electrons. The Kier molecular flexibility index (Phi) is 3.36. The van der Waals surface area contributed by atoms with E-state index in [2.05, 4.69) is 6.92 Å². The van der Waals surface area contributed by atoms with E-state index in [1.165, 1.54) is 0 Å². The zero-order valence-electron chi connectivity index (χ0n) is 10.5. The van der Waals surface area contributed by atoms with Gasteiger partial charge < -0.3 is 9.47 Å². The normalized spacial score (nSPS) is 33.1. The molecule has 2 aliphatic rings. The van der Waals surface area contributed by atoms with E-state index < -0.39 is 0 Å². The predicted molar refractivity (Wildman–Crippen MR) is 65.2 cm³/mol. The van der Waals surface area contributed by atoms with Gasteiger partial charge in [0, 0.05) is 6.42 Å². The fourth-order valence-corrected chi connectivity index (χ4v) is 2.02. The molecular weight excluding hydrogens is 216 g/mol. The molecule has 3 nitrogen and oxygen atoms in total. The molecule has 1 heterocycles. The summed E-state index contributed by atoms with van der Waals surface area (Å²) in [4.78, 5) is 11.9. The molecule has 0 aromatic heterocycles. The summed E-state index contributed by atoms with van der Waals surface area (Å²) in [5, 5.41) is 0. The molecule has 0 saturated carbocycles. The molecule has 17 heavy (non-hydrogen) atoms. The van der Waals surface area contributed by atoms with Gasteiger partial charge in [-0.05, 0) is 31.9 Å². The number of carbonyl (C=O) groups is 1. The van der Waals surface area contributed by atoms with Crippen LogP contribution in [0.4, 0.5) is 0 Å². The number of allylic oxidation sites excluding steroid dienone is 3. The van der Waals surface area contributed by atoms with E-state index in [0.29, 0.717) is 17.3 Å². The van der Waals surface area contributed by atoms with Gasteiger partial charge in [-0.2, -0.15) is 0 Å². The highest BCUT2D eigenvalue weighted by atomic mass is 16.6. The molecule has 0 N–H and O–H groups in total. The number of hydrogen-bond acceptors (Lipinski definition) is 3. The summed E-state index contributed by atoms with van der Waals surface area (Å²) < 4.78 is 11.2. The topological polar surface area (TPSA) is 35.5 Å². The summed E-state index contributed by atoms with van der Waals surface area (Å²) >= 11 is 0. The van der Waals surface area contributed by atoms with Gasteiger partial charge in [0.05, 0.1) is 6.10 Å². The van der Waals surface area contributed by atoms with Crippen LogP contribution in [-0.4, -0.2) is 18.2 Å². The fraction of sp³-hybridized carbons (Fsp3) is 0.500. The van der Waals surface area contributed by atoms with Crippen molar-refractivity contribution in [3.05, 3.63) is 35.6 Å². The Morgan fingerprint density at radius 3 is 2.47 bits per heavy atom. The highest BCUT2D eigenvalue weighted by molar-refractivity contribution is 5.93. The minimum Gasteiger partial charge on any atom is -0.490 e. The molecule has 0 aromatic rings. The first-order chi connectivity index (χ1) is 8.06. The molecule has 1 aliphatic heterocycles. The van der Waals surface area contributed by atoms with Gasteiger partial charge in [0.25, 0.3) is 0 Å². The molecule has 0 aromatic carbocycles. The smallest absolute Gasteiger partial charge is 0.342 e. The number of esters is 1. The summed E-state index contributed by atoms with van der Waals surface area (Å²) in [6, 6.07) is 0. The summed E-state index contributed by atoms with van der Waals surface area (Å²) in [5.41, 5.74) is 0.518. The summed E-state index contributed by atoms with van der Waals surface area (Å²) in [6.45, 7) is 5.94. The summed E-state index contributed by atoms with van der Waals surface area (Å²) in [7, 11) is 0. The molecule has 3 atom stereocenters. The van der Waals surface area contributed by atoms with Crippen molar-refractivity contribution in [1.29, 1.82) is 0 Å². The van der Waals surface area contributed by atoms with Crippen LogP contribution < -0.4 is 0 Å². The Morgan fingerprint density at radius 2 is 1.71 bits per heavy atom. The first-order valence-corrected chi connectivity index (χ1v) is 6.04. The van der Waals surface area contributed by atoms with Crippen LogP contribution in [0, 0.1) is 5.92 Å². The lowest BCUT2D eigenvalue weighted by Gasteiger charge is -2.24. The molecular formula is C14H18O3. The monoisotopic (exact) mass is 234 g/mol. The summed E-state index contributed by atoms with van der Waals surface area (Å²) in [6.07, 6.45) is 8.32. The zero-order chi connectivity index (χ0) is 12.4. The SMILES string of the molecule is C[C@H]1C=CC2=C(C=C1)C(=O)O[C@H](C)C[C@H](C)O2. The molecule has 0 amide bonds. The Morgan fingerprint density at radius 1 is 1.06 bits per heavy atom. The van der Waals surface area contributed by atoms with Crippen LogP contribution in [-0.2, 0) is 14.3 Å². The van der Waals surface area contributed by atoms with Crippen molar-refractivity contribution in [2.24, 2.45) is 5.92 Å². The largest absolute Gasteiger partial charge is 0.490 e. The van der Waals surface area contributed by atoms with Crippen LogP contribution in [0.2, 0.25) is 0 Å². The van der Waals surface area contributed by atoms with Gasteiger partial charge in [0.1, 0.15) is 17.4 Å². The molecule has 0 bridgehead atoms. The van der Waals surface area contributed by atoms with Gasteiger partial charge in [-0.1, -0.05) is 19.1 Å². The number of rotatable bonds is 0. The standard InChI is InChI=1S/C14H18O3/c1-9-4-6-12-13(7-5-9)16-10(2)8-11(3)17-14(12)15/h4-7,9-11H,8H2,1-3H3/t9-,10+,11-/m1/s1. The second kappa shape index (κ2) is 4.78. The lowest BCUT2D eigenvalue weighted by molar-refractivity contribution is -0.145. The maximum absolute atomic E-state index is 11.9.